The Hall–Kier alpha value is -2.12. The van der Waals surface area contributed by atoms with E-state index in [1.807, 2.05) is 37.3 Å². The maximum absolute atomic E-state index is 12.7. The summed E-state index contributed by atoms with van der Waals surface area (Å²) in [6, 6.07) is 12.8. The molecule has 2 aromatic rings. The lowest BCUT2D eigenvalue weighted by molar-refractivity contribution is 0.0973. The van der Waals surface area contributed by atoms with E-state index in [9.17, 15) is 4.79 Å². The number of amides is 1. The molecule has 0 saturated heterocycles. The molecule has 2 N–H and O–H groups in total. The van der Waals surface area contributed by atoms with Gasteiger partial charge in [-0.2, -0.15) is 0 Å². The smallest absolute Gasteiger partial charge is 0.261 e. The number of rotatable bonds is 8. The van der Waals surface area contributed by atoms with Crippen molar-refractivity contribution < 1.29 is 14.3 Å². The van der Waals surface area contributed by atoms with E-state index in [-0.39, 0.29) is 11.0 Å². The van der Waals surface area contributed by atoms with Crippen LogP contribution in [0.3, 0.4) is 0 Å². The van der Waals surface area contributed by atoms with Gasteiger partial charge in [0.1, 0.15) is 11.5 Å². The van der Waals surface area contributed by atoms with E-state index < -0.39 is 0 Å². The van der Waals surface area contributed by atoms with E-state index in [0.29, 0.717) is 41.9 Å². The first-order valence-electron chi connectivity index (χ1n) is 9.17. The fraction of sp³-hybridized carbons (Fsp3) is 0.333. The summed E-state index contributed by atoms with van der Waals surface area (Å²) in [5, 5.41) is 5.93. The van der Waals surface area contributed by atoms with E-state index in [0.717, 1.165) is 10.9 Å². The Bertz CT molecular complexity index is 827. The lowest BCUT2D eigenvalue weighted by Crippen LogP contribution is -2.34. The Labute approximate surface area is 179 Å². The molecular weight excluding hydrogens is 440 g/mol. The van der Waals surface area contributed by atoms with Gasteiger partial charge in [0.25, 0.3) is 5.91 Å². The monoisotopic (exact) mass is 464 g/mol. The van der Waals surface area contributed by atoms with Crippen LogP contribution in [0.25, 0.3) is 0 Å². The molecule has 150 valence electrons. The van der Waals surface area contributed by atoms with Gasteiger partial charge in [0.15, 0.2) is 5.11 Å². The van der Waals surface area contributed by atoms with Gasteiger partial charge in [-0.15, -0.1) is 0 Å². The molecule has 2 aromatic carbocycles. The van der Waals surface area contributed by atoms with Gasteiger partial charge in [-0.25, -0.2) is 0 Å². The van der Waals surface area contributed by atoms with Crippen LogP contribution in [0.15, 0.2) is 46.9 Å². The van der Waals surface area contributed by atoms with Crippen molar-refractivity contribution >= 4 is 44.9 Å². The Kier molecular flexibility index (Phi) is 8.73. The third-order valence-electron chi connectivity index (χ3n) is 3.58. The molecular formula is C21H25BrN2O3S. The van der Waals surface area contributed by atoms with Crippen molar-refractivity contribution in [2.24, 2.45) is 5.92 Å². The number of nitrogens with one attached hydrogen (secondary N) is 2. The van der Waals surface area contributed by atoms with E-state index in [2.05, 4.69) is 40.4 Å². The summed E-state index contributed by atoms with van der Waals surface area (Å²) in [5.74, 6) is 1.26. The van der Waals surface area contributed by atoms with Gasteiger partial charge < -0.3 is 14.8 Å². The number of anilines is 1. The molecule has 0 atom stereocenters. The van der Waals surface area contributed by atoms with Crippen molar-refractivity contribution in [3.63, 3.8) is 0 Å². The largest absolute Gasteiger partial charge is 0.493 e. The molecule has 0 unspecified atom stereocenters. The first-order valence-corrected chi connectivity index (χ1v) is 10.4. The SMILES string of the molecule is CCCOc1ccc(Br)cc1C(=O)NC(=S)Nc1ccccc1OCC(C)C. The Morgan fingerprint density at radius 2 is 1.89 bits per heavy atom. The molecule has 2 rings (SSSR count). The second-order valence-electron chi connectivity index (χ2n) is 6.60. The van der Waals surface area contributed by atoms with Gasteiger partial charge in [-0.05, 0) is 54.9 Å². The zero-order valence-electron chi connectivity index (χ0n) is 16.3. The first kappa shape index (κ1) is 22.2. The maximum atomic E-state index is 12.7. The summed E-state index contributed by atoms with van der Waals surface area (Å²) < 4.78 is 12.3. The van der Waals surface area contributed by atoms with Crippen molar-refractivity contribution in [2.45, 2.75) is 27.2 Å². The van der Waals surface area contributed by atoms with Crippen LogP contribution in [-0.4, -0.2) is 24.2 Å². The second kappa shape index (κ2) is 11.0. The highest BCUT2D eigenvalue weighted by molar-refractivity contribution is 9.10. The van der Waals surface area contributed by atoms with Crippen molar-refractivity contribution in [1.29, 1.82) is 0 Å². The third-order valence-corrected chi connectivity index (χ3v) is 4.28. The number of carbonyl (C=O) groups excluding carboxylic acids is 1. The minimum absolute atomic E-state index is 0.187. The third kappa shape index (κ3) is 6.80. The molecule has 0 spiro atoms. The Morgan fingerprint density at radius 1 is 1.14 bits per heavy atom. The summed E-state index contributed by atoms with van der Waals surface area (Å²) in [5.41, 5.74) is 1.11. The fourth-order valence-corrected chi connectivity index (χ4v) is 2.86. The highest BCUT2D eigenvalue weighted by Crippen LogP contribution is 2.25. The van der Waals surface area contributed by atoms with Crippen LogP contribution in [0.5, 0.6) is 11.5 Å². The number of hydrogen-bond donors (Lipinski definition) is 2. The minimum Gasteiger partial charge on any atom is -0.493 e. The predicted octanol–water partition coefficient (Wildman–Crippen LogP) is 5.40. The lowest BCUT2D eigenvalue weighted by atomic mass is 10.2. The van der Waals surface area contributed by atoms with Gasteiger partial charge >= 0.3 is 0 Å². The van der Waals surface area contributed by atoms with Crippen molar-refractivity contribution in [3.05, 3.63) is 52.5 Å². The average Bonchev–Trinajstić information content (AvgIpc) is 2.66. The van der Waals surface area contributed by atoms with Crippen molar-refractivity contribution in [3.8, 4) is 11.5 Å². The topological polar surface area (TPSA) is 59.6 Å². The van der Waals surface area contributed by atoms with Crippen LogP contribution in [0.2, 0.25) is 0 Å². The van der Waals surface area contributed by atoms with Gasteiger partial charge in [0.05, 0.1) is 24.5 Å². The van der Waals surface area contributed by atoms with Gasteiger partial charge in [-0.3, -0.25) is 10.1 Å². The Balaban J connectivity index is 2.08. The molecule has 0 aliphatic heterocycles. The predicted molar refractivity (Wildman–Crippen MR) is 120 cm³/mol. The summed E-state index contributed by atoms with van der Waals surface area (Å²) >= 11 is 8.71. The minimum atomic E-state index is -0.342. The summed E-state index contributed by atoms with van der Waals surface area (Å²) in [6.07, 6.45) is 0.851. The van der Waals surface area contributed by atoms with Crippen molar-refractivity contribution in [2.75, 3.05) is 18.5 Å². The molecule has 0 heterocycles. The number of thiocarbonyl (C=S) groups is 1. The summed E-state index contributed by atoms with van der Waals surface area (Å²) in [7, 11) is 0. The summed E-state index contributed by atoms with van der Waals surface area (Å²) in [6.45, 7) is 7.30. The molecule has 0 aliphatic rings. The number of ether oxygens (including phenoxy) is 2. The van der Waals surface area contributed by atoms with E-state index >= 15 is 0 Å². The molecule has 1 amide bonds. The van der Waals surface area contributed by atoms with Gasteiger partial charge in [0, 0.05) is 4.47 Å². The molecule has 0 bridgehead atoms. The van der Waals surface area contributed by atoms with Crippen LogP contribution in [0, 0.1) is 5.92 Å². The number of hydrogen-bond acceptors (Lipinski definition) is 4. The molecule has 0 radical (unpaired) electrons. The molecule has 5 nitrogen and oxygen atoms in total. The first-order chi connectivity index (χ1) is 13.4. The molecule has 7 heteroatoms. The highest BCUT2D eigenvalue weighted by Gasteiger charge is 2.15. The molecule has 0 fully saturated rings. The van der Waals surface area contributed by atoms with Crippen LogP contribution in [-0.2, 0) is 0 Å². The number of benzene rings is 2. The van der Waals surface area contributed by atoms with Gasteiger partial charge in [0.2, 0.25) is 0 Å². The summed E-state index contributed by atoms with van der Waals surface area (Å²) in [4.78, 5) is 12.7. The normalized spacial score (nSPS) is 10.5. The number of para-hydroxylation sites is 2. The van der Waals surface area contributed by atoms with Gasteiger partial charge in [-0.1, -0.05) is 48.8 Å². The van der Waals surface area contributed by atoms with E-state index in [1.54, 1.807) is 12.1 Å². The molecule has 0 saturated carbocycles. The van der Waals surface area contributed by atoms with Crippen molar-refractivity contribution in [1.82, 2.24) is 5.32 Å². The molecule has 0 aromatic heterocycles. The van der Waals surface area contributed by atoms with Crippen LogP contribution in [0.1, 0.15) is 37.6 Å². The zero-order valence-corrected chi connectivity index (χ0v) is 18.7. The molecule has 0 aliphatic carbocycles. The fourth-order valence-electron chi connectivity index (χ4n) is 2.29. The lowest BCUT2D eigenvalue weighted by Gasteiger charge is -2.16. The zero-order chi connectivity index (χ0) is 20.5. The maximum Gasteiger partial charge on any atom is 0.261 e. The Morgan fingerprint density at radius 3 is 2.61 bits per heavy atom. The average molecular weight is 465 g/mol. The second-order valence-corrected chi connectivity index (χ2v) is 7.92. The quantitative estimate of drug-likeness (QED) is 0.512. The van der Waals surface area contributed by atoms with E-state index in [4.69, 9.17) is 21.7 Å². The molecule has 28 heavy (non-hydrogen) atoms. The number of halogens is 1. The standard InChI is InChI=1S/C21H25BrN2O3S/c1-4-11-26-18-10-9-15(22)12-16(18)20(25)24-21(28)23-17-7-5-6-8-19(17)27-13-14(2)3/h5-10,12,14H,4,11,13H2,1-3H3,(H2,23,24,25,28). The van der Waals surface area contributed by atoms with Crippen LogP contribution in [0.4, 0.5) is 5.69 Å². The van der Waals surface area contributed by atoms with Crippen LogP contribution >= 0.6 is 28.1 Å². The highest BCUT2D eigenvalue weighted by atomic mass is 79.9. The number of carbonyl (C=O) groups is 1. The van der Waals surface area contributed by atoms with E-state index in [1.165, 1.54) is 0 Å². The van der Waals surface area contributed by atoms with Crippen LogP contribution < -0.4 is 20.1 Å².